The summed E-state index contributed by atoms with van der Waals surface area (Å²) >= 11 is 0. The molecule has 0 aliphatic heterocycles. The third-order valence-electron chi connectivity index (χ3n) is 2.94. The Bertz CT molecular complexity index is 564. The highest BCUT2D eigenvalue weighted by Gasteiger charge is 2.15. The van der Waals surface area contributed by atoms with Crippen LogP contribution in [0.5, 0.6) is 0 Å². The largest absolute Gasteiger partial charge is 0.385 e. The first kappa shape index (κ1) is 16.6. The topological polar surface area (TPSA) is 79.2 Å². The van der Waals surface area contributed by atoms with Crippen LogP contribution in [0.25, 0.3) is 0 Å². The minimum Gasteiger partial charge on any atom is -0.385 e. The molecule has 0 amide bonds. The lowest BCUT2D eigenvalue weighted by molar-refractivity contribution is 0.185. The van der Waals surface area contributed by atoms with E-state index in [0.29, 0.717) is 18.7 Å². The van der Waals surface area contributed by atoms with Crippen molar-refractivity contribution in [3.8, 4) is 6.07 Å². The smallest absolute Gasteiger partial charge is 0.179 e. The van der Waals surface area contributed by atoms with Gasteiger partial charge >= 0.3 is 0 Å². The molecule has 0 heterocycles. The molecule has 1 aromatic carbocycles. The molecule has 5 nitrogen and oxygen atoms in total. The van der Waals surface area contributed by atoms with Gasteiger partial charge in [0.15, 0.2) is 9.84 Å². The van der Waals surface area contributed by atoms with Crippen molar-refractivity contribution in [2.24, 2.45) is 0 Å². The second-order valence-electron chi connectivity index (χ2n) is 4.60. The predicted molar refractivity (Wildman–Crippen MR) is 77.2 cm³/mol. The Kier molecular flexibility index (Phi) is 6.65. The third-order valence-corrected chi connectivity index (χ3v) is 4.65. The van der Waals surface area contributed by atoms with Crippen LogP contribution in [0, 0.1) is 11.3 Å². The van der Waals surface area contributed by atoms with Gasteiger partial charge in [-0.2, -0.15) is 5.26 Å². The van der Waals surface area contributed by atoms with Crippen LogP contribution in [0.3, 0.4) is 0 Å². The lowest BCUT2D eigenvalue weighted by atomic mass is 10.2. The SMILES string of the molecule is COCCC(C)NCCS(=O)(=O)c1cccc(C#N)c1. The Balaban J connectivity index is 2.55. The summed E-state index contributed by atoms with van der Waals surface area (Å²) < 4.78 is 29.2. The van der Waals surface area contributed by atoms with Crippen molar-refractivity contribution >= 4 is 9.84 Å². The Hall–Kier alpha value is -1.42. The van der Waals surface area contributed by atoms with Gasteiger partial charge < -0.3 is 10.1 Å². The molecule has 1 rings (SSSR count). The van der Waals surface area contributed by atoms with E-state index in [4.69, 9.17) is 10.00 Å². The first-order valence-electron chi connectivity index (χ1n) is 6.45. The normalized spacial score (nSPS) is 12.8. The van der Waals surface area contributed by atoms with E-state index in [0.717, 1.165) is 6.42 Å². The van der Waals surface area contributed by atoms with Crippen LogP contribution >= 0.6 is 0 Å². The number of nitrogens with one attached hydrogen (secondary N) is 1. The van der Waals surface area contributed by atoms with Gasteiger partial charge in [0.25, 0.3) is 0 Å². The average Bonchev–Trinajstić information content (AvgIpc) is 2.45. The highest BCUT2D eigenvalue weighted by molar-refractivity contribution is 7.91. The summed E-state index contributed by atoms with van der Waals surface area (Å²) in [4.78, 5) is 0.197. The molecule has 0 saturated carbocycles. The highest BCUT2D eigenvalue weighted by Crippen LogP contribution is 2.12. The molecule has 110 valence electrons. The van der Waals surface area contributed by atoms with Gasteiger partial charge in [0.05, 0.1) is 22.3 Å². The predicted octanol–water partition coefficient (Wildman–Crippen LogP) is 1.35. The van der Waals surface area contributed by atoms with Crippen molar-refractivity contribution < 1.29 is 13.2 Å². The molecule has 0 radical (unpaired) electrons. The minimum absolute atomic E-state index is 0.0131. The van der Waals surface area contributed by atoms with Gasteiger partial charge in [0.1, 0.15) is 0 Å². The second kappa shape index (κ2) is 8.00. The van der Waals surface area contributed by atoms with Gasteiger partial charge in [-0.25, -0.2) is 8.42 Å². The number of rotatable bonds is 8. The Morgan fingerprint density at radius 2 is 2.20 bits per heavy atom. The molecule has 0 saturated heterocycles. The molecule has 1 unspecified atom stereocenters. The molecule has 0 fully saturated rings. The second-order valence-corrected chi connectivity index (χ2v) is 6.70. The standard InChI is InChI=1S/C14H20N2O3S/c1-12(6-8-19-2)16-7-9-20(17,18)14-5-3-4-13(10-14)11-15/h3-5,10,12,16H,6-9H2,1-2H3. The van der Waals surface area contributed by atoms with Gasteiger partial charge in [0.2, 0.25) is 0 Å². The number of nitrogens with zero attached hydrogens (tertiary/aromatic N) is 1. The zero-order valence-corrected chi connectivity index (χ0v) is 12.6. The van der Waals surface area contributed by atoms with Crippen LogP contribution in [0.15, 0.2) is 29.2 Å². The lowest BCUT2D eigenvalue weighted by Crippen LogP contribution is -2.31. The summed E-state index contributed by atoms with van der Waals surface area (Å²) in [6, 6.07) is 8.24. The zero-order chi connectivity index (χ0) is 15.0. The maximum atomic E-state index is 12.1. The quantitative estimate of drug-likeness (QED) is 0.783. The van der Waals surface area contributed by atoms with Crippen LogP contribution in [0.4, 0.5) is 0 Å². The van der Waals surface area contributed by atoms with E-state index in [1.165, 1.54) is 12.1 Å². The zero-order valence-electron chi connectivity index (χ0n) is 11.8. The van der Waals surface area contributed by atoms with Crippen LogP contribution in [-0.2, 0) is 14.6 Å². The molecule has 0 spiro atoms. The summed E-state index contributed by atoms with van der Waals surface area (Å²) in [5.41, 5.74) is 0.354. The molecular formula is C14H20N2O3S. The van der Waals surface area contributed by atoms with E-state index in [2.05, 4.69) is 5.32 Å². The molecular weight excluding hydrogens is 276 g/mol. The van der Waals surface area contributed by atoms with E-state index >= 15 is 0 Å². The molecule has 1 N–H and O–H groups in total. The summed E-state index contributed by atoms with van der Waals surface area (Å²) in [6.45, 7) is 3.01. The van der Waals surface area contributed by atoms with Gasteiger partial charge in [-0.1, -0.05) is 6.07 Å². The summed E-state index contributed by atoms with van der Waals surface area (Å²) in [6.07, 6.45) is 0.834. The van der Waals surface area contributed by atoms with Gasteiger partial charge in [0, 0.05) is 26.3 Å². The molecule has 0 aromatic heterocycles. The van der Waals surface area contributed by atoms with Gasteiger partial charge in [-0.3, -0.25) is 0 Å². The number of hydrogen-bond acceptors (Lipinski definition) is 5. The average molecular weight is 296 g/mol. The maximum Gasteiger partial charge on any atom is 0.179 e. The van der Waals surface area contributed by atoms with E-state index in [1.807, 2.05) is 13.0 Å². The van der Waals surface area contributed by atoms with Gasteiger partial charge in [-0.15, -0.1) is 0 Å². The van der Waals surface area contributed by atoms with Crippen molar-refractivity contribution in [2.45, 2.75) is 24.3 Å². The van der Waals surface area contributed by atoms with Crippen LogP contribution in [0.1, 0.15) is 18.9 Å². The number of hydrogen-bond donors (Lipinski definition) is 1. The molecule has 0 aliphatic carbocycles. The fourth-order valence-corrected chi connectivity index (χ4v) is 2.93. The van der Waals surface area contributed by atoms with Gasteiger partial charge in [-0.05, 0) is 31.5 Å². The lowest BCUT2D eigenvalue weighted by Gasteiger charge is -2.13. The maximum absolute atomic E-state index is 12.1. The van der Waals surface area contributed by atoms with Crippen molar-refractivity contribution in [3.05, 3.63) is 29.8 Å². The number of nitriles is 1. The Morgan fingerprint density at radius 1 is 1.45 bits per heavy atom. The molecule has 20 heavy (non-hydrogen) atoms. The van der Waals surface area contributed by atoms with Crippen molar-refractivity contribution in [2.75, 3.05) is 26.0 Å². The molecule has 6 heteroatoms. The van der Waals surface area contributed by atoms with E-state index < -0.39 is 9.84 Å². The summed E-state index contributed by atoms with van der Waals surface area (Å²) in [5, 5.41) is 11.9. The highest BCUT2D eigenvalue weighted by atomic mass is 32.2. The molecule has 0 bridgehead atoms. The van der Waals surface area contributed by atoms with Crippen LogP contribution in [0.2, 0.25) is 0 Å². The fourth-order valence-electron chi connectivity index (χ4n) is 1.71. The summed E-state index contributed by atoms with van der Waals surface area (Å²) in [7, 11) is -1.72. The minimum atomic E-state index is -3.35. The molecule has 1 atom stereocenters. The summed E-state index contributed by atoms with van der Waals surface area (Å²) in [5.74, 6) is 0.0131. The number of methoxy groups -OCH3 is 1. The van der Waals surface area contributed by atoms with Crippen LogP contribution in [-0.4, -0.2) is 40.5 Å². The third kappa shape index (κ3) is 5.29. The number of benzene rings is 1. The molecule has 1 aromatic rings. The molecule has 0 aliphatic rings. The van der Waals surface area contributed by atoms with Crippen molar-refractivity contribution in [1.82, 2.24) is 5.32 Å². The number of sulfone groups is 1. The number of ether oxygens (including phenoxy) is 1. The van der Waals surface area contributed by atoms with Crippen LogP contribution < -0.4 is 5.32 Å². The first-order valence-corrected chi connectivity index (χ1v) is 8.10. The van der Waals surface area contributed by atoms with E-state index in [9.17, 15) is 8.42 Å². The Labute approximate surface area is 120 Å². The van der Waals surface area contributed by atoms with Crippen molar-refractivity contribution in [3.63, 3.8) is 0 Å². The Morgan fingerprint density at radius 3 is 2.85 bits per heavy atom. The first-order chi connectivity index (χ1) is 9.49. The fraction of sp³-hybridized carbons (Fsp3) is 0.500. The van der Waals surface area contributed by atoms with E-state index in [1.54, 1.807) is 19.2 Å². The monoisotopic (exact) mass is 296 g/mol. The van der Waals surface area contributed by atoms with Crippen molar-refractivity contribution in [1.29, 1.82) is 5.26 Å². The van der Waals surface area contributed by atoms with E-state index in [-0.39, 0.29) is 16.7 Å².